The Balaban J connectivity index is 2.57. The average molecular weight is 203 g/mol. The van der Waals surface area contributed by atoms with Gasteiger partial charge in [0.2, 0.25) is 0 Å². The topological polar surface area (TPSA) is 54.7 Å². The monoisotopic (exact) mass is 203 g/mol. The smallest absolute Gasteiger partial charge is 0.0927 e. The summed E-state index contributed by atoms with van der Waals surface area (Å²) in [6.45, 7) is 6.30. The number of hydrogen-bond acceptors (Lipinski definition) is 2. The van der Waals surface area contributed by atoms with Gasteiger partial charge in [-0.2, -0.15) is 5.10 Å². The second kappa shape index (κ2) is 3.66. The molecule has 0 radical (unpaired) electrons. The third kappa shape index (κ3) is 1.75. The number of hydrogen-bond donors (Lipinski definition) is 2. The van der Waals surface area contributed by atoms with Gasteiger partial charge in [-0.05, 0) is 24.5 Å². The summed E-state index contributed by atoms with van der Waals surface area (Å²) in [7, 11) is 0. The summed E-state index contributed by atoms with van der Waals surface area (Å²) in [5.41, 5.74) is 9.17. The van der Waals surface area contributed by atoms with Crippen molar-refractivity contribution >= 4 is 10.9 Å². The summed E-state index contributed by atoms with van der Waals surface area (Å²) < 4.78 is 0. The first-order valence-corrected chi connectivity index (χ1v) is 5.33. The molecule has 0 saturated carbocycles. The molecule has 1 atom stereocenters. The molecule has 2 aromatic rings. The molecule has 1 unspecified atom stereocenters. The van der Waals surface area contributed by atoms with Crippen molar-refractivity contribution in [1.82, 2.24) is 10.2 Å². The van der Waals surface area contributed by atoms with Gasteiger partial charge < -0.3 is 5.73 Å². The van der Waals surface area contributed by atoms with Crippen molar-refractivity contribution in [3.8, 4) is 0 Å². The van der Waals surface area contributed by atoms with Gasteiger partial charge in [0.1, 0.15) is 0 Å². The fourth-order valence-corrected chi connectivity index (χ4v) is 1.77. The van der Waals surface area contributed by atoms with Gasteiger partial charge in [0.15, 0.2) is 0 Å². The molecular formula is C12H17N3. The van der Waals surface area contributed by atoms with Crippen LogP contribution in [0.5, 0.6) is 0 Å². The Bertz CT molecular complexity index is 469. The van der Waals surface area contributed by atoms with E-state index in [0.29, 0.717) is 5.92 Å². The third-order valence-electron chi connectivity index (χ3n) is 2.71. The number of nitrogens with zero attached hydrogens (tertiary/aromatic N) is 1. The minimum atomic E-state index is 0.0635. The number of H-pyrrole nitrogens is 1. The quantitative estimate of drug-likeness (QED) is 0.788. The van der Waals surface area contributed by atoms with Crippen molar-refractivity contribution in [2.45, 2.75) is 32.7 Å². The summed E-state index contributed by atoms with van der Waals surface area (Å²) in [6.07, 6.45) is 0. The van der Waals surface area contributed by atoms with E-state index in [9.17, 15) is 0 Å². The maximum atomic E-state index is 5.83. The average Bonchev–Trinajstić information content (AvgIpc) is 2.59. The predicted octanol–water partition coefficient (Wildman–Crippen LogP) is 2.71. The second-order valence-corrected chi connectivity index (χ2v) is 4.36. The normalized spacial score (nSPS) is 13.7. The fraction of sp³-hybridized carbons (Fsp3) is 0.417. The number of fused-ring (bicyclic) bond motifs is 1. The first-order valence-electron chi connectivity index (χ1n) is 5.33. The summed E-state index contributed by atoms with van der Waals surface area (Å²) in [6, 6.07) is 6.30. The van der Waals surface area contributed by atoms with Crippen LogP contribution in [0, 0.1) is 0 Å². The number of aromatic nitrogens is 2. The first-order chi connectivity index (χ1) is 7.09. The van der Waals surface area contributed by atoms with Crippen LogP contribution in [0.15, 0.2) is 18.2 Å². The van der Waals surface area contributed by atoms with Crippen molar-refractivity contribution < 1.29 is 0 Å². The standard InChI is InChI=1S/C12H17N3/c1-7(2)12-10-5-4-9(8(3)13)6-11(10)14-15-12/h4-8H,13H2,1-3H3,(H,14,15). The summed E-state index contributed by atoms with van der Waals surface area (Å²) in [5.74, 6) is 0.469. The van der Waals surface area contributed by atoms with Crippen molar-refractivity contribution in [2.75, 3.05) is 0 Å². The van der Waals surface area contributed by atoms with Crippen LogP contribution in [-0.2, 0) is 0 Å². The lowest BCUT2D eigenvalue weighted by Gasteiger charge is -2.05. The molecule has 1 heterocycles. The maximum absolute atomic E-state index is 5.83. The molecule has 15 heavy (non-hydrogen) atoms. The van der Waals surface area contributed by atoms with Gasteiger partial charge in [-0.25, -0.2) is 0 Å². The Morgan fingerprint density at radius 3 is 2.60 bits per heavy atom. The van der Waals surface area contributed by atoms with Gasteiger partial charge in [-0.1, -0.05) is 26.0 Å². The van der Waals surface area contributed by atoms with Crippen LogP contribution in [0.4, 0.5) is 0 Å². The number of benzene rings is 1. The summed E-state index contributed by atoms with van der Waals surface area (Å²) in [4.78, 5) is 0. The van der Waals surface area contributed by atoms with E-state index in [1.54, 1.807) is 0 Å². The SMILES string of the molecule is CC(C)c1[nH]nc2cc(C(C)N)ccc12. The Morgan fingerprint density at radius 1 is 1.27 bits per heavy atom. The van der Waals surface area contributed by atoms with Crippen LogP contribution in [0.1, 0.15) is 44.0 Å². The highest BCUT2D eigenvalue weighted by Gasteiger charge is 2.09. The number of nitrogens with two attached hydrogens (primary N) is 1. The van der Waals surface area contributed by atoms with E-state index in [-0.39, 0.29) is 6.04 Å². The van der Waals surface area contributed by atoms with Crippen LogP contribution in [-0.4, -0.2) is 10.2 Å². The largest absolute Gasteiger partial charge is 0.324 e. The molecule has 0 amide bonds. The fourth-order valence-electron chi connectivity index (χ4n) is 1.77. The van der Waals surface area contributed by atoms with E-state index in [1.807, 2.05) is 6.92 Å². The lowest BCUT2D eigenvalue weighted by atomic mass is 10.0. The van der Waals surface area contributed by atoms with E-state index in [0.717, 1.165) is 11.1 Å². The van der Waals surface area contributed by atoms with Gasteiger partial charge in [-0.3, -0.25) is 5.10 Å². The van der Waals surface area contributed by atoms with Gasteiger partial charge in [0.25, 0.3) is 0 Å². The predicted molar refractivity (Wildman–Crippen MR) is 62.8 cm³/mol. The number of nitrogens with one attached hydrogen (secondary N) is 1. The van der Waals surface area contributed by atoms with Crippen LogP contribution in [0.2, 0.25) is 0 Å². The maximum Gasteiger partial charge on any atom is 0.0927 e. The lowest BCUT2D eigenvalue weighted by Crippen LogP contribution is -2.04. The van der Waals surface area contributed by atoms with Crippen molar-refractivity contribution in [3.05, 3.63) is 29.5 Å². The minimum absolute atomic E-state index is 0.0635. The third-order valence-corrected chi connectivity index (χ3v) is 2.71. The van der Waals surface area contributed by atoms with Crippen molar-refractivity contribution in [2.24, 2.45) is 5.73 Å². The van der Waals surface area contributed by atoms with E-state index in [4.69, 9.17) is 5.73 Å². The number of aromatic amines is 1. The zero-order valence-electron chi connectivity index (χ0n) is 9.41. The Morgan fingerprint density at radius 2 is 2.00 bits per heavy atom. The molecule has 0 aliphatic rings. The number of rotatable bonds is 2. The summed E-state index contributed by atoms with van der Waals surface area (Å²) >= 11 is 0. The highest BCUT2D eigenvalue weighted by atomic mass is 15.1. The van der Waals surface area contributed by atoms with E-state index < -0.39 is 0 Å². The van der Waals surface area contributed by atoms with Crippen molar-refractivity contribution in [3.63, 3.8) is 0 Å². The van der Waals surface area contributed by atoms with Crippen LogP contribution in [0.3, 0.4) is 0 Å². The molecule has 1 aromatic heterocycles. The van der Waals surface area contributed by atoms with Crippen LogP contribution >= 0.6 is 0 Å². The second-order valence-electron chi connectivity index (χ2n) is 4.36. The van der Waals surface area contributed by atoms with E-state index >= 15 is 0 Å². The Hall–Kier alpha value is -1.35. The van der Waals surface area contributed by atoms with Crippen LogP contribution in [0.25, 0.3) is 10.9 Å². The molecule has 0 aliphatic carbocycles. The molecule has 0 fully saturated rings. The molecule has 80 valence electrons. The van der Waals surface area contributed by atoms with Gasteiger partial charge in [-0.15, -0.1) is 0 Å². The minimum Gasteiger partial charge on any atom is -0.324 e. The molecule has 1 aromatic carbocycles. The molecular weight excluding hydrogens is 186 g/mol. The zero-order valence-corrected chi connectivity index (χ0v) is 9.41. The molecule has 0 aliphatic heterocycles. The van der Waals surface area contributed by atoms with Crippen molar-refractivity contribution in [1.29, 1.82) is 0 Å². The van der Waals surface area contributed by atoms with Gasteiger partial charge in [0, 0.05) is 17.1 Å². The van der Waals surface area contributed by atoms with E-state index in [2.05, 4.69) is 42.2 Å². The molecule has 0 spiro atoms. The lowest BCUT2D eigenvalue weighted by molar-refractivity contribution is 0.817. The zero-order chi connectivity index (χ0) is 11.0. The van der Waals surface area contributed by atoms with Gasteiger partial charge in [0.05, 0.1) is 5.52 Å². The van der Waals surface area contributed by atoms with E-state index in [1.165, 1.54) is 11.1 Å². The van der Waals surface area contributed by atoms with Gasteiger partial charge >= 0.3 is 0 Å². The Labute approximate surface area is 89.7 Å². The molecule has 0 bridgehead atoms. The highest BCUT2D eigenvalue weighted by Crippen LogP contribution is 2.24. The molecule has 0 saturated heterocycles. The first kappa shape index (κ1) is 10.2. The highest BCUT2D eigenvalue weighted by molar-refractivity contribution is 5.82. The molecule has 2 rings (SSSR count). The molecule has 3 heteroatoms. The molecule has 3 N–H and O–H groups in total. The molecule has 3 nitrogen and oxygen atoms in total. The Kier molecular flexibility index (Phi) is 2.49. The van der Waals surface area contributed by atoms with Crippen LogP contribution < -0.4 is 5.73 Å². The summed E-state index contributed by atoms with van der Waals surface area (Å²) in [5, 5.41) is 8.59.